The first kappa shape index (κ1) is 16.4. The Morgan fingerprint density at radius 3 is 2.87 bits per heavy atom. The fourth-order valence-electron chi connectivity index (χ4n) is 3.48. The number of nitrogens with zero attached hydrogens (tertiary/aromatic N) is 1. The van der Waals surface area contributed by atoms with Gasteiger partial charge in [0.2, 0.25) is 15.9 Å². The van der Waals surface area contributed by atoms with Crippen LogP contribution in [0.25, 0.3) is 0 Å². The number of benzene rings is 1. The summed E-state index contributed by atoms with van der Waals surface area (Å²) in [6, 6.07) is 4.56. The van der Waals surface area contributed by atoms with Crippen LogP contribution in [-0.2, 0) is 21.2 Å². The van der Waals surface area contributed by atoms with Gasteiger partial charge in [-0.05, 0) is 48.9 Å². The fourth-order valence-corrected chi connectivity index (χ4v) is 4.39. The molecule has 0 radical (unpaired) electrons. The van der Waals surface area contributed by atoms with Gasteiger partial charge in [0.05, 0.1) is 18.2 Å². The van der Waals surface area contributed by atoms with Gasteiger partial charge in [-0.2, -0.15) is 0 Å². The van der Waals surface area contributed by atoms with Crippen molar-refractivity contribution in [1.29, 1.82) is 0 Å². The Kier molecular flexibility index (Phi) is 4.42. The average molecular weight is 340 g/mol. The number of hydrogen-bond donors (Lipinski definition) is 1. The number of nitrogens with one attached hydrogen (secondary N) is 1. The Labute approximate surface area is 135 Å². The zero-order valence-corrected chi connectivity index (χ0v) is 13.9. The van der Waals surface area contributed by atoms with Gasteiger partial charge in [-0.15, -0.1) is 0 Å². The minimum Gasteiger partial charge on any atom is -0.349 e. The van der Waals surface area contributed by atoms with Crippen molar-refractivity contribution >= 4 is 15.9 Å². The molecule has 0 saturated carbocycles. The maximum absolute atomic E-state index is 13.2. The molecule has 1 aliphatic heterocycles. The summed E-state index contributed by atoms with van der Waals surface area (Å²) < 4.78 is 37.9. The minimum atomic E-state index is -3.26. The van der Waals surface area contributed by atoms with E-state index in [9.17, 15) is 17.6 Å². The number of carbonyl (C=O) groups excluding carboxylic acids is 1. The number of rotatable bonds is 3. The summed E-state index contributed by atoms with van der Waals surface area (Å²) in [7, 11) is -3.26. The highest BCUT2D eigenvalue weighted by molar-refractivity contribution is 7.88. The van der Waals surface area contributed by atoms with Crippen molar-refractivity contribution in [3.63, 3.8) is 0 Å². The van der Waals surface area contributed by atoms with Gasteiger partial charge in [-0.1, -0.05) is 6.07 Å². The molecule has 2 unspecified atom stereocenters. The summed E-state index contributed by atoms with van der Waals surface area (Å²) in [5, 5.41) is 3.01. The summed E-state index contributed by atoms with van der Waals surface area (Å²) in [6.07, 6.45) is 4.07. The van der Waals surface area contributed by atoms with Crippen molar-refractivity contribution in [3.05, 3.63) is 35.1 Å². The summed E-state index contributed by atoms with van der Waals surface area (Å²) >= 11 is 0. The first-order valence-corrected chi connectivity index (χ1v) is 9.73. The molecule has 2 atom stereocenters. The van der Waals surface area contributed by atoms with Crippen LogP contribution in [0.1, 0.15) is 36.4 Å². The Balaban J connectivity index is 1.67. The van der Waals surface area contributed by atoms with Gasteiger partial charge in [0.15, 0.2) is 0 Å². The zero-order chi connectivity index (χ0) is 16.6. The van der Waals surface area contributed by atoms with Gasteiger partial charge in [-0.3, -0.25) is 4.79 Å². The van der Waals surface area contributed by atoms with Gasteiger partial charge in [0, 0.05) is 13.1 Å². The molecule has 7 heteroatoms. The van der Waals surface area contributed by atoms with E-state index in [2.05, 4.69) is 5.32 Å². The predicted molar refractivity (Wildman–Crippen MR) is 84.7 cm³/mol. The van der Waals surface area contributed by atoms with E-state index < -0.39 is 10.0 Å². The molecule has 0 spiro atoms. The highest BCUT2D eigenvalue weighted by Gasteiger charge is 2.32. The van der Waals surface area contributed by atoms with Crippen LogP contribution >= 0.6 is 0 Å². The second-order valence-corrected chi connectivity index (χ2v) is 8.39. The SMILES string of the molecule is CS(=O)(=O)N1CCCC(C(=O)NC2CCc3cc(F)ccc32)C1. The Morgan fingerprint density at radius 2 is 2.13 bits per heavy atom. The van der Waals surface area contributed by atoms with Gasteiger partial charge >= 0.3 is 0 Å². The van der Waals surface area contributed by atoms with Gasteiger partial charge in [-0.25, -0.2) is 17.1 Å². The average Bonchev–Trinajstić information content (AvgIpc) is 2.88. The second kappa shape index (κ2) is 6.20. The fraction of sp³-hybridized carbons (Fsp3) is 0.562. The topological polar surface area (TPSA) is 66.5 Å². The zero-order valence-electron chi connectivity index (χ0n) is 13.1. The number of halogens is 1. The van der Waals surface area contributed by atoms with Crippen molar-refractivity contribution in [2.75, 3.05) is 19.3 Å². The van der Waals surface area contributed by atoms with E-state index in [4.69, 9.17) is 0 Å². The van der Waals surface area contributed by atoms with E-state index in [1.807, 2.05) is 0 Å². The number of sulfonamides is 1. The molecule has 1 heterocycles. The lowest BCUT2D eigenvalue weighted by Gasteiger charge is -2.31. The third-order valence-corrected chi connectivity index (χ3v) is 5.99. The standard InChI is InChI=1S/C16H21FN2O3S/c1-23(21,22)19-8-2-3-12(10-19)16(20)18-15-7-4-11-9-13(17)5-6-14(11)15/h5-6,9,12,15H,2-4,7-8,10H2,1H3,(H,18,20). The van der Waals surface area contributed by atoms with Crippen molar-refractivity contribution in [3.8, 4) is 0 Å². The lowest BCUT2D eigenvalue weighted by Crippen LogP contribution is -2.45. The van der Waals surface area contributed by atoms with E-state index >= 15 is 0 Å². The van der Waals surface area contributed by atoms with E-state index in [0.29, 0.717) is 19.4 Å². The third kappa shape index (κ3) is 3.55. The molecule has 3 rings (SSSR count). The highest BCUT2D eigenvalue weighted by Crippen LogP contribution is 2.32. The van der Waals surface area contributed by atoms with Crippen LogP contribution in [-0.4, -0.2) is 38.0 Å². The van der Waals surface area contributed by atoms with E-state index in [1.54, 1.807) is 6.07 Å². The summed E-state index contributed by atoms with van der Waals surface area (Å²) in [4.78, 5) is 12.5. The molecule has 5 nitrogen and oxygen atoms in total. The molecule has 0 bridgehead atoms. The molecule has 2 aliphatic rings. The molecule has 1 aliphatic carbocycles. The van der Waals surface area contributed by atoms with Gasteiger partial charge in [0.1, 0.15) is 5.82 Å². The molecule has 1 fully saturated rings. The van der Waals surface area contributed by atoms with Crippen molar-refractivity contribution < 1.29 is 17.6 Å². The molecule has 23 heavy (non-hydrogen) atoms. The molecule has 1 N–H and O–H groups in total. The molecule has 1 amide bonds. The molecule has 1 aromatic carbocycles. The maximum atomic E-state index is 13.2. The lowest BCUT2D eigenvalue weighted by atomic mass is 9.98. The van der Waals surface area contributed by atoms with Gasteiger partial charge in [0.25, 0.3) is 0 Å². The number of aryl methyl sites for hydroxylation is 1. The van der Waals surface area contributed by atoms with Crippen LogP contribution in [0, 0.1) is 11.7 Å². The maximum Gasteiger partial charge on any atom is 0.224 e. The van der Waals surface area contributed by atoms with Crippen LogP contribution in [0.4, 0.5) is 4.39 Å². The van der Waals surface area contributed by atoms with Gasteiger partial charge < -0.3 is 5.32 Å². The quantitative estimate of drug-likeness (QED) is 0.909. The van der Waals surface area contributed by atoms with Crippen LogP contribution in [0.2, 0.25) is 0 Å². The lowest BCUT2D eigenvalue weighted by molar-refractivity contribution is -0.126. The Bertz CT molecular complexity index is 720. The largest absolute Gasteiger partial charge is 0.349 e. The smallest absolute Gasteiger partial charge is 0.224 e. The van der Waals surface area contributed by atoms with Crippen LogP contribution in [0.15, 0.2) is 18.2 Å². The molecule has 0 aromatic heterocycles. The summed E-state index contributed by atoms with van der Waals surface area (Å²) in [5.41, 5.74) is 1.91. The van der Waals surface area contributed by atoms with E-state index in [0.717, 1.165) is 24.0 Å². The number of amides is 1. The van der Waals surface area contributed by atoms with Crippen LogP contribution in [0.5, 0.6) is 0 Å². The molecule has 1 aromatic rings. The summed E-state index contributed by atoms with van der Waals surface area (Å²) in [6.45, 7) is 0.724. The summed E-state index contributed by atoms with van der Waals surface area (Å²) in [5.74, 6) is -0.685. The first-order chi connectivity index (χ1) is 10.8. The number of fused-ring (bicyclic) bond motifs is 1. The molecular formula is C16H21FN2O3S. The normalized spacial score (nSPS) is 25.1. The Morgan fingerprint density at radius 1 is 1.35 bits per heavy atom. The monoisotopic (exact) mass is 340 g/mol. The Hall–Kier alpha value is -1.47. The molecular weight excluding hydrogens is 319 g/mol. The van der Waals surface area contributed by atoms with E-state index in [-0.39, 0.29) is 30.2 Å². The number of hydrogen-bond acceptors (Lipinski definition) is 3. The predicted octanol–water partition coefficient (Wildman–Crippen LogP) is 1.60. The van der Waals surface area contributed by atoms with E-state index in [1.165, 1.54) is 22.7 Å². The second-order valence-electron chi connectivity index (χ2n) is 6.40. The van der Waals surface area contributed by atoms with Crippen molar-refractivity contribution in [2.24, 2.45) is 5.92 Å². The number of piperidine rings is 1. The van der Waals surface area contributed by atoms with Crippen LogP contribution < -0.4 is 5.32 Å². The third-order valence-electron chi connectivity index (χ3n) is 4.72. The first-order valence-electron chi connectivity index (χ1n) is 7.88. The molecule has 1 saturated heterocycles. The van der Waals surface area contributed by atoms with Crippen LogP contribution in [0.3, 0.4) is 0 Å². The minimum absolute atomic E-state index is 0.105. The van der Waals surface area contributed by atoms with Crippen molar-refractivity contribution in [2.45, 2.75) is 31.7 Å². The van der Waals surface area contributed by atoms with Crippen molar-refractivity contribution in [1.82, 2.24) is 9.62 Å². The highest BCUT2D eigenvalue weighted by atomic mass is 32.2. The molecule has 126 valence electrons. The number of carbonyl (C=O) groups is 1.